The summed E-state index contributed by atoms with van der Waals surface area (Å²) in [4.78, 5) is 21.2. The number of hydrogen-bond donors (Lipinski definition) is 2. The largest absolute Gasteiger partial charge is 0.465 e. The van der Waals surface area contributed by atoms with Crippen molar-refractivity contribution in [1.29, 1.82) is 0 Å². The molecule has 2 N–H and O–H groups in total. The maximum absolute atomic E-state index is 13.7. The number of carbonyl (C=O) groups is 2. The molecule has 7 heteroatoms. The highest BCUT2D eigenvalue weighted by molar-refractivity contribution is 5.68. The molecule has 2 aromatic carbocycles. The van der Waals surface area contributed by atoms with Gasteiger partial charge in [-0.2, -0.15) is 0 Å². The Bertz CT molecular complexity index is 815. The molecule has 0 aliphatic rings. The van der Waals surface area contributed by atoms with E-state index in [9.17, 15) is 14.0 Å². The van der Waals surface area contributed by atoms with Gasteiger partial charge in [0.15, 0.2) is 0 Å². The van der Waals surface area contributed by atoms with Gasteiger partial charge in [0.2, 0.25) is 0 Å². The topological polar surface area (TPSA) is 76.7 Å². The molecule has 2 aromatic rings. The number of amides is 1. The first-order valence-corrected chi connectivity index (χ1v) is 10.9. The maximum Gasteiger partial charge on any atom is 0.407 e. The molecule has 0 aliphatic carbocycles. The standard InChI is InChI=1S/C17H19FN2O2.C5H12.C4H8O2/c1-12(14-8-9-16(19-2)15(18)10-14)20-17(21)22-11-13-6-4-3-5-7-13;1-5(2,3)4;1-4(2)6-3-5/h3-10,12,19H,11H2,1-2H3,(H,20,21);1-4H3;3-4H,1-2H3. The van der Waals surface area contributed by atoms with E-state index < -0.39 is 6.09 Å². The molecule has 33 heavy (non-hydrogen) atoms. The second-order valence-corrected chi connectivity index (χ2v) is 9.20. The molecular weight excluding hydrogens is 423 g/mol. The fourth-order valence-electron chi connectivity index (χ4n) is 2.14. The highest BCUT2D eigenvalue weighted by Crippen LogP contribution is 2.20. The Morgan fingerprint density at radius 3 is 2.06 bits per heavy atom. The van der Waals surface area contributed by atoms with Gasteiger partial charge in [-0.15, -0.1) is 0 Å². The summed E-state index contributed by atoms with van der Waals surface area (Å²) < 4.78 is 23.2. The Balaban J connectivity index is 0.000000774. The van der Waals surface area contributed by atoms with Crippen LogP contribution in [0.5, 0.6) is 0 Å². The van der Waals surface area contributed by atoms with Gasteiger partial charge >= 0.3 is 6.09 Å². The van der Waals surface area contributed by atoms with E-state index in [0.29, 0.717) is 23.1 Å². The normalized spacial score (nSPS) is 11.1. The van der Waals surface area contributed by atoms with Crippen molar-refractivity contribution in [2.45, 2.75) is 67.2 Å². The number of hydrogen-bond acceptors (Lipinski definition) is 5. The van der Waals surface area contributed by atoms with Crippen molar-refractivity contribution in [2.24, 2.45) is 5.41 Å². The van der Waals surface area contributed by atoms with Crippen LogP contribution < -0.4 is 10.6 Å². The molecule has 184 valence electrons. The van der Waals surface area contributed by atoms with E-state index in [-0.39, 0.29) is 24.6 Å². The fraction of sp³-hybridized carbons (Fsp3) is 0.462. The zero-order chi connectivity index (χ0) is 25.4. The van der Waals surface area contributed by atoms with Crippen LogP contribution in [0.25, 0.3) is 0 Å². The van der Waals surface area contributed by atoms with E-state index in [0.717, 1.165) is 5.56 Å². The lowest BCUT2D eigenvalue weighted by Crippen LogP contribution is -2.27. The number of nitrogens with one attached hydrogen (secondary N) is 2. The lowest BCUT2D eigenvalue weighted by Gasteiger charge is -2.15. The third kappa shape index (κ3) is 16.2. The molecule has 1 amide bonds. The molecule has 0 spiro atoms. The Labute approximate surface area is 197 Å². The van der Waals surface area contributed by atoms with E-state index in [2.05, 4.69) is 43.1 Å². The van der Waals surface area contributed by atoms with E-state index in [1.54, 1.807) is 40.0 Å². The number of halogens is 1. The number of rotatable bonds is 7. The van der Waals surface area contributed by atoms with Gasteiger partial charge in [-0.3, -0.25) is 4.79 Å². The first kappa shape index (κ1) is 29.9. The molecule has 0 radical (unpaired) electrons. The Morgan fingerprint density at radius 1 is 1.06 bits per heavy atom. The first-order valence-electron chi connectivity index (χ1n) is 10.9. The summed E-state index contributed by atoms with van der Waals surface area (Å²) in [5.41, 5.74) is 2.51. The van der Waals surface area contributed by atoms with Crippen LogP contribution >= 0.6 is 0 Å². The minimum absolute atomic E-state index is 0.0301. The van der Waals surface area contributed by atoms with Crippen LogP contribution in [-0.4, -0.2) is 25.7 Å². The van der Waals surface area contributed by atoms with Crippen LogP contribution in [-0.2, 0) is 20.9 Å². The van der Waals surface area contributed by atoms with Crippen LogP contribution in [0, 0.1) is 11.2 Å². The predicted octanol–water partition coefficient (Wildman–Crippen LogP) is 6.48. The third-order valence-corrected chi connectivity index (χ3v) is 3.64. The molecule has 1 unspecified atom stereocenters. The van der Waals surface area contributed by atoms with Gasteiger partial charge in [0, 0.05) is 7.05 Å². The number of ether oxygens (including phenoxy) is 2. The lowest BCUT2D eigenvalue weighted by molar-refractivity contribution is -0.131. The summed E-state index contributed by atoms with van der Waals surface area (Å²) in [6, 6.07) is 13.9. The highest BCUT2D eigenvalue weighted by atomic mass is 19.1. The fourth-order valence-corrected chi connectivity index (χ4v) is 2.14. The zero-order valence-corrected chi connectivity index (χ0v) is 21.1. The van der Waals surface area contributed by atoms with Gasteiger partial charge in [0.1, 0.15) is 12.4 Å². The molecule has 1 atom stereocenters. The van der Waals surface area contributed by atoms with Crippen LogP contribution in [0.3, 0.4) is 0 Å². The summed E-state index contributed by atoms with van der Waals surface area (Å²) in [7, 11) is 1.65. The van der Waals surface area contributed by atoms with E-state index in [1.807, 2.05) is 30.3 Å². The predicted molar refractivity (Wildman–Crippen MR) is 132 cm³/mol. The Hall–Kier alpha value is -3.09. The second kappa shape index (κ2) is 15.7. The molecule has 6 nitrogen and oxygen atoms in total. The van der Waals surface area contributed by atoms with Crippen molar-refractivity contribution in [3.8, 4) is 0 Å². The van der Waals surface area contributed by atoms with E-state index in [4.69, 9.17) is 4.74 Å². The second-order valence-electron chi connectivity index (χ2n) is 9.20. The number of carbonyl (C=O) groups excluding carboxylic acids is 2. The first-order chi connectivity index (χ1) is 15.4. The summed E-state index contributed by atoms with van der Waals surface area (Å²) >= 11 is 0. The SMILES string of the molecule is CC(C)(C)C.CC(C)OC=O.CNc1ccc(C(C)NC(=O)OCc2ccccc2)cc1F. The van der Waals surface area contributed by atoms with Crippen molar-refractivity contribution in [2.75, 3.05) is 12.4 Å². The Kier molecular flexibility index (Phi) is 14.2. The molecule has 2 rings (SSSR count). The molecule has 0 aromatic heterocycles. The monoisotopic (exact) mass is 462 g/mol. The number of alkyl carbamates (subject to hydrolysis) is 1. The van der Waals surface area contributed by atoms with Gasteiger partial charge in [0.25, 0.3) is 6.47 Å². The van der Waals surface area contributed by atoms with Crippen LogP contribution in [0.4, 0.5) is 14.9 Å². The molecule has 0 aliphatic heterocycles. The zero-order valence-electron chi connectivity index (χ0n) is 21.1. The minimum Gasteiger partial charge on any atom is -0.465 e. The summed E-state index contributed by atoms with van der Waals surface area (Å²) in [6.45, 7) is 14.8. The quantitative estimate of drug-likeness (QED) is 0.461. The van der Waals surface area contributed by atoms with Crippen molar-refractivity contribution < 1.29 is 23.5 Å². The third-order valence-electron chi connectivity index (χ3n) is 3.64. The average molecular weight is 463 g/mol. The van der Waals surface area contributed by atoms with Crippen molar-refractivity contribution in [1.82, 2.24) is 5.32 Å². The van der Waals surface area contributed by atoms with Crippen molar-refractivity contribution in [3.05, 3.63) is 65.5 Å². The Morgan fingerprint density at radius 2 is 1.64 bits per heavy atom. The number of benzene rings is 2. The molecule has 0 saturated heterocycles. The molecule has 0 saturated carbocycles. The van der Waals surface area contributed by atoms with Gasteiger partial charge in [-0.05, 0) is 49.4 Å². The van der Waals surface area contributed by atoms with E-state index >= 15 is 0 Å². The smallest absolute Gasteiger partial charge is 0.407 e. The summed E-state index contributed by atoms with van der Waals surface area (Å²) in [5, 5.41) is 5.44. The van der Waals surface area contributed by atoms with E-state index in [1.165, 1.54) is 6.07 Å². The van der Waals surface area contributed by atoms with Crippen LogP contribution in [0.15, 0.2) is 48.5 Å². The number of anilines is 1. The maximum atomic E-state index is 13.7. The summed E-state index contributed by atoms with van der Waals surface area (Å²) in [5.74, 6) is -0.355. The highest BCUT2D eigenvalue weighted by Gasteiger charge is 2.12. The van der Waals surface area contributed by atoms with Gasteiger partial charge < -0.3 is 20.1 Å². The van der Waals surface area contributed by atoms with Gasteiger partial charge in [-0.25, -0.2) is 9.18 Å². The molecule has 0 fully saturated rings. The average Bonchev–Trinajstić information content (AvgIpc) is 2.72. The minimum atomic E-state index is -0.533. The van der Waals surface area contributed by atoms with Gasteiger partial charge in [0.05, 0.1) is 17.8 Å². The summed E-state index contributed by atoms with van der Waals surface area (Å²) in [6.07, 6.45) is -0.503. The van der Waals surface area contributed by atoms with Gasteiger partial charge in [-0.1, -0.05) is 64.1 Å². The molecule has 0 bridgehead atoms. The molecular formula is C26H39FN2O4. The van der Waals surface area contributed by atoms with Crippen molar-refractivity contribution in [3.63, 3.8) is 0 Å². The van der Waals surface area contributed by atoms with Crippen LogP contribution in [0.1, 0.15) is 65.6 Å². The van der Waals surface area contributed by atoms with Crippen molar-refractivity contribution >= 4 is 18.3 Å². The molecule has 0 heterocycles. The van der Waals surface area contributed by atoms with Crippen LogP contribution in [0.2, 0.25) is 0 Å². The lowest BCUT2D eigenvalue weighted by atomic mass is 10.0.